The fourth-order valence-electron chi connectivity index (χ4n) is 2.88. The van der Waals surface area contributed by atoms with Crippen molar-refractivity contribution in [2.45, 2.75) is 25.6 Å². The minimum atomic E-state index is -4.49. The first-order valence-corrected chi connectivity index (χ1v) is 7.99. The van der Waals surface area contributed by atoms with Gasteiger partial charge in [0.2, 0.25) is 0 Å². The number of esters is 1. The lowest BCUT2D eigenvalue weighted by molar-refractivity contribution is -0.138. The summed E-state index contributed by atoms with van der Waals surface area (Å²) < 4.78 is 44.2. The van der Waals surface area contributed by atoms with E-state index < -0.39 is 24.3 Å². The maximum Gasteiger partial charge on any atom is 0.416 e. The van der Waals surface area contributed by atoms with Gasteiger partial charge in [-0.15, -0.1) is 0 Å². The van der Waals surface area contributed by atoms with Crippen LogP contribution in [-0.2, 0) is 17.5 Å². The predicted molar refractivity (Wildman–Crippen MR) is 86.2 cm³/mol. The van der Waals surface area contributed by atoms with Gasteiger partial charge in [-0.25, -0.2) is 9.78 Å². The Bertz CT molecular complexity index is 756. The maximum atomic E-state index is 13.0. The largest absolute Gasteiger partial charge is 0.457 e. The molecule has 132 valence electrons. The second-order valence-electron chi connectivity index (χ2n) is 5.80. The van der Waals surface area contributed by atoms with Gasteiger partial charge in [0.05, 0.1) is 5.56 Å². The Kier molecular flexibility index (Phi) is 4.92. The number of carbonyl (C=O) groups excluding carboxylic acids is 1. The van der Waals surface area contributed by atoms with Crippen molar-refractivity contribution in [1.82, 2.24) is 4.98 Å². The maximum absolute atomic E-state index is 13.0. The summed E-state index contributed by atoms with van der Waals surface area (Å²) in [6, 6.07) is 8.26. The smallest absolute Gasteiger partial charge is 0.416 e. The van der Waals surface area contributed by atoms with Gasteiger partial charge >= 0.3 is 12.1 Å². The molecule has 1 aromatic heterocycles. The first-order chi connectivity index (χ1) is 12.0. The number of benzene rings is 1. The number of rotatable bonds is 4. The van der Waals surface area contributed by atoms with Gasteiger partial charge < -0.3 is 9.64 Å². The first kappa shape index (κ1) is 17.3. The van der Waals surface area contributed by atoms with E-state index in [1.807, 2.05) is 4.90 Å². The quantitative estimate of drug-likeness (QED) is 0.780. The Labute approximate surface area is 143 Å². The fourth-order valence-corrected chi connectivity index (χ4v) is 2.88. The number of hydrogen-bond donors (Lipinski definition) is 0. The summed E-state index contributed by atoms with van der Waals surface area (Å²) in [4.78, 5) is 18.6. The summed E-state index contributed by atoms with van der Waals surface area (Å²) in [7, 11) is 0. The zero-order chi connectivity index (χ0) is 17.9. The van der Waals surface area contributed by atoms with E-state index in [4.69, 9.17) is 4.74 Å². The number of ether oxygens (including phenoxy) is 1. The number of alkyl halides is 3. The molecule has 1 fully saturated rings. The average molecular weight is 350 g/mol. The number of halogens is 3. The second-order valence-corrected chi connectivity index (χ2v) is 5.80. The Morgan fingerprint density at radius 1 is 1.12 bits per heavy atom. The van der Waals surface area contributed by atoms with E-state index in [-0.39, 0.29) is 11.1 Å². The highest BCUT2D eigenvalue weighted by Gasteiger charge is 2.33. The molecular weight excluding hydrogens is 333 g/mol. The van der Waals surface area contributed by atoms with Crippen LogP contribution in [0, 0.1) is 0 Å². The molecule has 1 aromatic carbocycles. The summed E-state index contributed by atoms with van der Waals surface area (Å²) in [5, 5.41) is 0. The van der Waals surface area contributed by atoms with Crippen LogP contribution in [0.25, 0.3) is 0 Å². The van der Waals surface area contributed by atoms with Crippen LogP contribution < -0.4 is 4.90 Å². The SMILES string of the molecule is O=C(OCc1ccccc1C(F)(F)F)c1cccnc1N1CCCC1. The molecule has 1 aliphatic heterocycles. The van der Waals surface area contributed by atoms with E-state index in [0.717, 1.165) is 32.0 Å². The summed E-state index contributed by atoms with van der Waals surface area (Å²) >= 11 is 0. The van der Waals surface area contributed by atoms with Crippen molar-refractivity contribution in [3.8, 4) is 0 Å². The van der Waals surface area contributed by atoms with Gasteiger partial charge in [-0.1, -0.05) is 18.2 Å². The zero-order valence-corrected chi connectivity index (χ0v) is 13.4. The lowest BCUT2D eigenvalue weighted by Crippen LogP contribution is -2.22. The van der Waals surface area contributed by atoms with E-state index in [2.05, 4.69) is 4.98 Å². The molecule has 7 heteroatoms. The molecule has 0 unspecified atom stereocenters. The van der Waals surface area contributed by atoms with Crippen LogP contribution in [0.3, 0.4) is 0 Å². The molecule has 0 spiro atoms. The highest BCUT2D eigenvalue weighted by molar-refractivity contribution is 5.94. The van der Waals surface area contributed by atoms with Crippen molar-refractivity contribution < 1.29 is 22.7 Å². The van der Waals surface area contributed by atoms with Crippen molar-refractivity contribution in [2.75, 3.05) is 18.0 Å². The van der Waals surface area contributed by atoms with Crippen LogP contribution in [0.4, 0.5) is 19.0 Å². The van der Waals surface area contributed by atoms with Gasteiger partial charge in [0, 0.05) is 24.8 Å². The van der Waals surface area contributed by atoms with E-state index in [1.165, 1.54) is 18.2 Å². The van der Waals surface area contributed by atoms with E-state index in [9.17, 15) is 18.0 Å². The summed E-state index contributed by atoms with van der Waals surface area (Å²) in [6.45, 7) is 1.16. The third-order valence-corrected chi connectivity index (χ3v) is 4.09. The molecule has 0 aliphatic carbocycles. The summed E-state index contributed by atoms with van der Waals surface area (Å²) in [5.41, 5.74) is -0.599. The topological polar surface area (TPSA) is 42.4 Å². The molecule has 25 heavy (non-hydrogen) atoms. The second kappa shape index (κ2) is 7.13. The van der Waals surface area contributed by atoms with Crippen molar-refractivity contribution in [1.29, 1.82) is 0 Å². The molecule has 0 atom stereocenters. The Hall–Kier alpha value is -2.57. The van der Waals surface area contributed by atoms with Crippen LogP contribution in [-0.4, -0.2) is 24.0 Å². The number of carbonyl (C=O) groups is 1. The Balaban J connectivity index is 1.76. The third kappa shape index (κ3) is 3.92. The fraction of sp³-hybridized carbons (Fsp3) is 0.333. The average Bonchev–Trinajstić information content (AvgIpc) is 3.13. The lowest BCUT2D eigenvalue weighted by Gasteiger charge is -2.19. The molecule has 0 amide bonds. The summed E-state index contributed by atoms with van der Waals surface area (Å²) in [5.74, 6) is -0.152. The number of pyridine rings is 1. The van der Waals surface area contributed by atoms with Crippen LogP contribution in [0.15, 0.2) is 42.6 Å². The molecule has 0 radical (unpaired) electrons. The third-order valence-electron chi connectivity index (χ3n) is 4.09. The minimum absolute atomic E-state index is 0.0741. The molecule has 4 nitrogen and oxygen atoms in total. The van der Waals surface area contributed by atoms with Crippen molar-refractivity contribution in [3.05, 3.63) is 59.3 Å². The molecular formula is C18H17F3N2O2. The summed E-state index contributed by atoms with van der Waals surface area (Å²) in [6.07, 6.45) is -0.866. The highest BCUT2D eigenvalue weighted by Crippen LogP contribution is 2.32. The zero-order valence-electron chi connectivity index (χ0n) is 13.4. The Morgan fingerprint density at radius 3 is 2.56 bits per heavy atom. The van der Waals surface area contributed by atoms with Crippen molar-refractivity contribution >= 4 is 11.8 Å². The monoisotopic (exact) mass is 350 g/mol. The normalized spacial score (nSPS) is 14.6. The lowest BCUT2D eigenvalue weighted by atomic mass is 10.1. The molecule has 0 N–H and O–H groups in total. The van der Waals surface area contributed by atoms with Crippen LogP contribution >= 0.6 is 0 Å². The van der Waals surface area contributed by atoms with E-state index in [1.54, 1.807) is 18.3 Å². The van der Waals surface area contributed by atoms with Gasteiger partial charge in [0.25, 0.3) is 0 Å². The van der Waals surface area contributed by atoms with Gasteiger partial charge in [0.15, 0.2) is 0 Å². The highest BCUT2D eigenvalue weighted by atomic mass is 19.4. The molecule has 0 bridgehead atoms. The molecule has 1 aliphatic rings. The van der Waals surface area contributed by atoms with Crippen molar-refractivity contribution in [3.63, 3.8) is 0 Å². The number of anilines is 1. The molecule has 3 rings (SSSR count). The standard InChI is InChI=1S/C18H17F3N2O2/c19-18(20,21)15-8-2-1-6-13(15)12-25-17(24)14-7-5-9-22-16(14)23-10-3-4-11-23/h1-2,5-9H,3-4,10-12H2. The number of hydrogen-bond acceptors (Lipinski definition) is 4. The van der Waals surface area contributed by atoms with E-state index in [0.29, 0.717) is 5.82 Å². The predicted octanol–water partition coefficient (Wildman–Crippen LogP) is 4.06. The van der Waals surface area contributed by atoms with Crippen LogP contribution in [0.5, 0.6) is 0 Å². The number of nitrogens with zero attached hydrogens (tertiary/aromatic N) is 2. The van der Waals surface area contributed by atoms with Gasteiger partial charge in [-0.2, -0.15) is 13.2 Å². The first-order valence-electron chi connectivity index (χ1n) is 7.99. The van der Waals surface area contributed by atoms with Gasteiger partial charge in [-0.3, -0.25) is 0 Å². The number of aromatic nitrogens is 1. The molecule has 1 saturated heterocycles. The van der Waals surface area contributed by atoms with Crippen LogP contribution in [0.1, 0.15) is 34.3 Å². The Morgan fingerprint density at radius 2 is 1.84 bits per heavy atom. The molecule has 2 aromatic rings. The minimum Gasteiger partial charge on any atom is -0.457 e. The molecule has 2 heterocycles. The van der Waals surface area contributed by atoms with Crippen LogP contribution in [0.2, 0.25) is 0 Å². The van der Waals surface area contributed by atoms with E-state index >= 15 is 0 Å². The van der Waals surface area contributed by atoms with Crippen molar-refractivity contribution in [2.24, 2.45) is 0 Å². The van der Waals surface area contributed by atoms with Gasteiger partial charge in [-0.05, 0) is 31.0 Å². The molecule has 0 saturated carbocycles. The van der Waals surface area contributed by atoms with Gasteiger partial charge in [0.1, 0.15) is 18.0 Å².